The zero-order chi connectivity index (χ0) is 13.5. The van der Waals surface area contributed by atoms with E-state index in [0.29, 0.717) is 19.5 Å². The topological polar surface area (TPSA) is 64.3 Å². The highest BCUT2D eigenvalue weighted by molar-refractivity contribution is 5.85. The van der Waals surface area contributed by atoms with Gasteiger partial charge in [-0.1, -0.05) is 0 Å². The van der Waals surface area contributed by atoms with Crippen molar-refractivity contribution in [3.8, 4) is 5.75 Å². The van der Waals surface area contributed by atoms with Crippen molar-refractivity contribution < 1.29 is 18.3 Å². The molecular formula is C12H17ClF2N2O2. The molecule has 1 atom stereocenters. The lowest BCUT2D eigenvalue weighted by atomic mass is 10.3. The van der Waals surface area contributed by atoms with Crippen molar-refractivity contribution in [3.63, 3.8) is 0 Å². The average Bonchev–Trinajstić information content (AvgIpc) is 2.34. The first-order chi connectivity index (χ1) is 8.54. The van der Waals surface area contributed by atoms with Crippen molar-refractivity contribution in [2.75, 3.05) is 13.1 Å². The van der Waals surface area contributed by atoms with Crippen LogP contribution in [0.3, 0.4) is 0 Å². The Bertz CT molecular complexity index is 419. The van der Waals surface area contributed by atoms with Crippen LogP contribution in [0.5, 0.6) is 5.75 Å². The summed E-state index contributed by atoms with van der Waals surface area (Å²) in [7, 11) is 0. The van der Waals surface area contributed by atoms with Gasteiger partial charge in [0, 0.05) is 12.6 Å². The second-order valence-electron chi connectivity index (χ2n) is 3.77. The number of hydrogen-bond donors (Lipinski definition) is 2. The summed E-state index contributed by atoms with van der Waals surface area (Å²) in [6, 6.07) is 3.12. The highest BCUT2D eigenvalue weighted by Crippen LogP contribution is 2.16. The number of hydrogen-bond acceptors (Lipinski definition) is 3. The maximum absolute atomic E-state index is 12.9. The van der Waals surface area contributed by atoms with Crippen molar-refractivity contribution in [2.45, 2.75) is 19.4 Å². The van der Waals surface area contributed by atoms with Crippen molar-refractivity contribution in [3.05, 3.63) is 29.8 Å². The van der Waals surface area contributed by atoms with Gasteiger partial charge in [0.25, 0.3) is 5.91 Å². The van der Waals surface area contributed by atoms with E-state index in [4.69, 9.17) is 10.5 Å². The van der Waals surface area contributed by atoms with Gasteiger partial charge in [0.15, 0.2) is 17.7 Å². The molecule has 0 aliphatic rings. The van der Waals surface area contributed by atoms with Crippen LogP contribution in [0.25, 0.3) is 0 Å². The van der Waals surface area contributed by atoms with Gasteiger partial charge in [0.1, 0.15) is 5.75 Å². The van der Waals surface area contributed by atoms with Crippen LogP contribution < -0.4 is 15.8 Å². The smallest absolute Gasteiger partial charge is 0.260 e. The molecule has 1 amide bonds. The summed E-state index contributed by atoms with van der Waals surface area (Å²) in [6.07, 6.45) is -0.114. The highest BCUT2D eigenvalue weighted by Gasteiger charge is 2.14. The maximum atomic E-state index is 12.9. The molecule has 0 saturated carbocycles. The average molecular weight is 295 g/mol. The van der Waals surface area contributed by atoms with Gasteiger partial charge in [-0.2, -0.15) is 0 Å². The third-order valence-corrected chi connectivity index (χ3v) is 2.25. The van der Waals surface area contributed by atoms with Gasteiger partial charge < -0.3 is 15.8 Å². The fraction of sp³-hybridized carbons (Fsp3) is 0.417. The highest BCUT2D eigenvalue weighted by atomic mass is 35.5. The van der Waals surface area contributed by atoms with Crippen LogP contribution in [-0.2, 0) is 4.79 Å². The number of nitrogens with two attached hydrogens (primary N) is 1. The van der Waals surface area contributed by atoms with Crippen LogP contribution in [0.1, 0.15) is 13.3 Å². The molecule has 4 nitrogen and oxygen atoms in total. The van der Waals surface area contributed by atoms with Crippen molar-refractivity contribution in [1.82, 2.24) is 5.32 Å². The number of halogens is 3. The molecule has 3 N–H and O–H groups in total. The summed E-state index contributed by atoms with van der Waals surface area (Å²) in [5, 5.41) is 2.62. The summed E-state index contributed by atoms with van der Waals surface area (Å²) < 4.78 is 30.8. The molecule has 0 bridgehead atoms. The van der Waals surface area contributed by atoms with Gasteiger partial charge in [0.05, 0.1) is 0 Å². The Morgan fingerprint density at radius 3 is 2.68 bits per heavy atom. The Kier molecular flexibility index (Phi) is 8.02. The number of nitrogens with one attached hydrogen (secondary N) is 1. The van der Waals surface area contributed by atoms with Gasteiger partial charge in [-0.25, -0.2) is 8.78 Å². The van der Waals surface area contributed by atoms with E-state index in [-0.39, 0.29) is 24.1 Å². The van der Waals surface area contributed by atoms with E-state index in [1.54, 1.807) is 0 Å². The molecule has 0 aliphatic heterocycles. The van der Waals surface area contributed by atoms with Crippen molar-refractivity contribution in [2.24, 2.45) is 5.73 Å². The third kappa shape index (κ3) is 5.85. The molecule has 1 rings (SSSR count). The molecule has 1 aromatic carbocycles. The maximum Gasteiger partial charge on any atom is 0.260 e. The first-order valence-corrected chi connectivity index (χ1v) is 5.64. The molecule has 108 valence electrons. The minimum atomic E-state index is -1.01. The van der Waals surface area contributed by atoms with Gasteiger partial charge in [0.2, 0.25) is 0 Å². The molecule has 19 heavy (non-hydrogen) atoms. The van der Waals surface area contributed by atoms with Crippen LogP contribution in [-0.4, -0.2) is 25.1 Å². The standard InChI is InChI=1S/C12H16F2N2O2.ClH/c1-8(12(17)16-6-2-5-15)18-9-3-4-10(13)11(14)7-9;/h3-4,7-8H,2,5-6,15H2,1H3,(H,16,17);1H. The SMILES string of the molecule is CC(Oc1ccc(F)c(F)c1)C(=O)NCCCN.Cl. The fourth-order valence-electron chi connectivity index (χ4n) is 1.27. The molecule has 0 saturated heterocycles. The van der Waals surface area contributed by atoms with Crippen LogP contribution in [0.4, 0.5) is 8.78 Å². The first-order valence-electron chi connectivity index (χ1n) is 5.64. The lowest BCUT2D eigenvalue weighted by Crippen LogP contribution is -2.37. The first kappa shape index (κ1) is 17.6. The molecule has 0 fully saturated rings. The molecule has 0 aromatic heterocycles. The van der Waals surface area contributed by atoms with Crippen LogP contribution in [0.15, 0.2) is 18.2 Å². The Hall–Kier alpha value is -1.40. The van der Waals surface area contributed by atoms with Crippen molar-refractivity contribution >= 4 is 18.3 Å². The predicted molar refractivity (Wildman–Crippen MR) is 70.4 cm³/mol. The second-order valence-corrected chi connectivity index (χ2v) is 3.77. The zero-order valence-corrected chi connectivity index (χ0v) is 11.3. The molecule has 0 aliphatic carbocycles. The third-order valence-electron chi connectivity index (χ3n) is 2.25. The van der Waals surface area contributed by atoms with E-state index in [2.05, 4.69) is 5.32 Å². The van der Waals surface area contributed by atoms with Gasteiger partial charge in [-0.05, 0) is 32.0 Å². The van der Waals surface area contributed by atoms with E-state index in [1.165, 1.54) is 13.0 Å². The Morgan fingerprint density at radius 2 is 2.11 bits per heavy atom. The summed E-state index contributed by atoms with van der Waals surface area (Å²) >= 11 is 0. The lowest BCUT2D eigenvalue weighted by molar-refractivity contribution is -0.127. The number of benzene rings is 1. The summed E-state index contributed by atoms with van der Waals surface area (Å²) in [5.41, 5.74) is 5.29. The minimum Gasteiger partial charge on any atom is -0.481 e. The van der Waals surface area contributed by atoms with Gasteiger partial charge in [-0.3, -0.25) is 4.79 Å². The quantitative estimate of drug-likeness (QED) is 0.784. The molecule has 1 aromatic rings. The number of carbonyl (C=O) groups excluding carboxylic acids is 1. The second kappa shape index (κ2) is 8.66. The van der Waals surface area contributed by atoms with E-state index in [9.17, 15) is 13.6 Å². The molecule has 0 spiro atoms. The fourth-order valence-corrected chi connectivity index (χ4v) is 1.27. The predicted octanol–water partition coefficient (Wildman–Crippen LogP) is 1.62. The van der Waals surface area contributed by atoms with Gasteiger partial charge in [-0.15, -0.1) is 12.4 Å². The van der Waals surface area contributed by atoms with Crippen LogP contribution >= 0.6 is 12.4 Å². The number of carbonyl (C=O) groups is 1. The molecule has 1 unspecified atom stereocenters. The van der Waals surface area contributed by atoms with E-state index in [0.717, 1.165) is 12.1 Å². The minimum absolute atomic E-state index is 0. The molecule has 0 heterocycles. The van der Waals surface area contributed by atoms with Crippen LogP contribution in [0.2, 0.25) is 0 Å². The number of amides is 1. The lowest BCUT2D eigenvalue weighted by Gasteiger charge is -2.14. The normalized spacial score (nSPS) is 11.4. The molecular weight excluding hydrogens is 278 g/mol. The molecule has 0 radical (unpaired) electrons. The zero-order valence-electron chi connectivity index (χ0n) is 10.5. The summed E-state index contributed by atoms with van der Waals surface area (Å²) in [4.78, 5) is 11.5. The monoisotopic (exact) mass is 294 g/mol. The van der Waals surface area contributed by atoms with E-state index in [1.807, 2.05) is 0 Å². The summed E-state index contributed by atoms with van der Waals surface area (Å²) in [5.74, 6) is -2.19. The Balaban J connectivity index is 0.00000324. The van der Waals surface area contributed by atoms with E-state index < -0.39 is 17.7 Å². The Labute approximate surface area is 116 Å². The number of rotatable bonds is 6. The van der Waals surface area contributed by atoms with Crippen molar-refractivity contribution in [1.29, 1.82) is 0 Å². The van der Waals surface area contributed by atoms with Crippen LogP contribution in [0, 0.1) is 11.6 Å². The molecule has 7 heteroatoms. The van der Waals surface area contributed by atoms with Gasteiger partial charge >= 0.3 is 0 Å². The summed E-state index contributed by atoms with van der Waals surface area (Å²) in [6.45, 7) is 2.47. The van der Waals surface area contributed by atoms with E-state index >= 15 is 0 Å². The largest absolute Gasteiger partial charge is 0.481 e. The Morgan fingerprint density at radius 1 is 1.42 bits per heavy atom. The number of ether oxygens (including phenoxy) is 1.